The Hall–Kier alpha value is -1.19. The molecule has 0 saturated carbocycles. The van der Waals surface area contributed by atoms with Gasteiger partial charge < -0.3 is 0 Å². The Kier molecular flexibility index (Phi) is 3.90. The van der Waals surface area contributed by atoms with Crippen molar-refractivity contribution in [2.75, 3.05) is 0 Å². The molecule has 0 aliphatic heterocycles. The van der Waals surface area contributed by atoms with Crippen LogP contribution in [0.4, 0.5) is 0 Å². The zero-order valence-corrected chi connectivity index (χ0v) is 13.1. The van der Waals surface area contributed by atoms with Gasteiger partial charge >= 0.3 is 0 Å². The summed E-state index contributed by atoms with van der Waals surface area (Å²) >= 11 is 9.35. The summed E-state index contributed by atoms with van der Waals surface area (Å²) in [5.74, 6) is -0.00459. The monoisotopic (exact) mass is 349 g/mol. The zero-order chi connectivity index (χ0) is 14.1. The molecule has 1 unspecified atom stereocenters. The van der Waals surface area contributed by atoms with E-state index in [9.17, 15) is 4.79 Å². The SMILES string of the molecule is O=C(c1ccc(Cl)c(Br)c1)C1CCCc2cccnc21. The Bertz CT molecular complexity index is 671. The Morgan fingerprint density at radius 1 is 1.35 bits per heavy atom. The first-order valence-electron chi connectivity index (χ1n) is 6.60. The lowest BCUT2D eigenvalue weighted by molar-refractivity contribution is 0.0949. The molecule has 4 heteroatoms. The van der Waals surface area contributed by atoms with Gasteiger partial charge in [-0.1, -0.05) is 17.7 Å². The van der Waals surface area contributed by atoms with E-state index >= 15 is 0 Å². The predicted molar refractivity (Wildman–Crippen MR) is 83.4 cm³/mol. The zero-order valence-electron chi connectivity index (χ0n) is 10.8. The molecule has 0 radical (unpaired) electrons. The van der Waals surface area contributed by atoms with E-state index in [4.69, 9.17) is 11.6 Å². The highest BCUT2D eigenvalue weighted by molar-refractivity contribution is 9.10. The number of halogens is 2. The minimum Gasteiger partial charge on any atom is -0.293 e. The van der Waals surface area contributed by atoms with Gasteiger partial charge in [0.2, 0.25) is 0 Å². The molecule has 1 aliphatic carbocycles. The summed E-state index contributed by atoms with van der Waals surface area (Å²) in [4.78, 5) is 17.2. The molecule has 0 bridgehead atoms. The fourth-order valence-electron chi connectivity index (χ4n) is 2.72. The van der Waals surface area contributed by atoms with E-state index in [-0.39, 0.29) is 11.7 Å². The molecular weight excluding hydrogens is 338 g/mol. The second-order valence-electron chi connectivity index (χ2n) is 4.99. The molecule has 1 aromatic carbocycles. The van der Waals surface area contributed by atoms with Gasteiger partial charge in [0.25, 0.3) is 0 Å². The molecule has 0 fully saturated rings. The maximum absolute atomic E-state index is 12.7. The van der Waals surface area contributed by atoms with E-state index in [2.05, 4.69) is 27.0 Å². The second-order valence-corrected chi connectivity index (χ2v) is 6.25. The van der Waals surface area contributed by atoms with E-state index in [1.807, 2.05) is 6.07 Å². The third-order valence-corrected chi connectivity index (χ3v) is 4.93. The molecule has 0 spiro atoms. The Balaban J connectivity index is 1.97. The molecule has 2 aromatic rings. The van der Waals surface area contributed by atoms with Crippen molar-refractivity contribution in [3.63, 3.8) is 0 Å². The van der Waals surface area contributed by atoms with Crippen LogP contribution in [0, 0.1) is 0 Å². The molecule has 0 amide bonds. The van der Waals surface area contributed by atoms with Crippen LogP contribution < -0.4 is 0 Å². The van der Waals surface area contributed by atoms with Crippen LogP contribution in [0.5, 0.6) is 0 Å². The number of pyridine rings is 1. The molecule has 1 heterocycles. The molecule has 20 heavy (non-hydrogen) atoms. The highest BCUT2D eigenvalue weighted by atomic mass is 79.9. The molecule has 3 rings (SSSR count). The average Bonchev–Trinajstić information content (AvgIpc) is 2.49. The summed E-state index contributed by atoms with van der Waals surface area (Å²) in [6, 6.07) is 9.33. The van der Waals surface area contributed by atoms with Crippen LogP contribution in [0.1, 0.15) is 40.4 Å². The number of hydrogen-bond acceptors (Lipinski definition) is 2. The fourth-order valence-corrected chi connectivity index (χ4v) is 3.21. The van der Waals surface area contributed by atoms with Gasteiger partial charge in [0, 0.05) is 16.2 Å². The van der Waals surface area contributed by atoms with Crippen molar-refractivity contribution >= 4 is 33.3 Å². The van der Waals surface area contributed by atoms with Crippen molar-refractivity contribution < 1.29 is 4.79 Å². The van der Waals surface area contributed by atoms with Crippen molar-refractivity contribution in [2.45, 2.75) is 25.2 Å². The summed E-state index contributed by atoms with van der Waals surface area (Å²) in [7, 11) is 0. The van der Waals surface area contributed by atoms with Crippen molar-refractivity contribution in [1.29, 1.82) is 0 Å². The average molecular weight is 351 g/mol. The molecule has 1 aliphatic rings. The predicted octanol–water partition coefficient (Wildman–Crippen LogP) is 4.80. The fraction of sp³-hybridized carbons (Fsp3) is 0.250. The van der Waals surface area contributed by atoms with Gasteiger partial charge in [-0.3, -0.25) is 9.78 Å². The van der Waals surface area contributed by atoms with Crippen molar-refractivity contribution in [2.24, 2.45) is 0 Å². The molecule has 1 aromatic heterocycles. The number of benzene rings is 1. The van der Waals surface area contributed by atoms with Gasteiger partial charge in [0.15, 0.2) is 5.78 Å². The van der Waals surface area contributed by atoms with Crippen molar-refractivity contribution in [1.82, 2.24) is 4.98 Å². The van der Waals surface area contributed by atoms with Crippen LogP contribution in [0.3, 0.4) is 0 Å². The first-order valence-corrected chi connectivity index (χ1v) is 7.77. The van der Waals surface area contributed by atoms with E-state index in [0.29, 0.717) is 10.6 Å². The summed E-state index contributed by atoms with van der Waals surface area (Å²) < 4.78 is 0.752. The standard InChI is InChI=1S/C16H13BrClNO/c17-13-9-11(6-7-14(13)18)16(20)12-5-1-3-10-4-2-8-19-15(10)12/h2,4,6-9,12H,1,3,5H2. The number of ketones is 1. The number of rotatable bonds is 2. The smallest absolute Gasteiger partial charge is 0.171 e. The van der Waals surface area contributed by atoms with Crippen LogP contribution in [0.2, 0.25) is 5.02 Å². The minimum atomic E-state index is -0.131. The first kappa shape index (κ1) is 13.8. The Morgan fingerprint density at radius 2 is 2.20 bits per heavy atom. The third kappa shape index (κ3) is 2.52. The normalized spacial score (nSPS) is 17.6. The highest BCUT2D eigenvalue weighted by Gasteiger charge is 2.28. The minimum absolute atomic E-state index is 0.127. The van der Waals surface area contributed by atoms with Gasteiger partial charge in [-0.15, -0.1) is 0 Å². The van der Waals surface area contributed by atoms with E-state index in [0.717, 1.165) is 29.4 Å². The van der Waals surface area contributed by atoms with E-state index in [1.54, 1.807) is 24.4 Å². The lowest BCUT2D eigenvalue weighted by Gasteiger charge is -2.23. The van der Waals surface area contributed by atoms with Crippen LogP contribution in [-0.4, -0.2) is 10.8 Å². The molecule has 2 nitrogen and oxygen atoms in total. The molecule has 0 saturated heterocycles. The highest BCUT2D eigenvalue weighted by Crippen LogP contribution is 2.33. The van der Waals surface area contributed by atoms with E-state index < -0.39 is 0 Å². The maximum Gasteiger partial charge on any atom is 0.171 e. The molecule has 0 N–H and O–H groups in total. The molecular formula is C16H13BrClNO. The third-order valence-electron chi connectivity index (χ3n) is 3.72. The summed E-state index contributed by atoms with van der Waals surface area (Å²) in [6.07, 6.45) is 4.67. The number of nitrogens with zero attached hydrogens (tertiary/aromatic N) is 1. The Labute approximate surface area is 131 Å². The lowest BCUT2D eigenvalue weighted by atomic mass is 9.82. The van der Waals surface area contributed by atoms with Gasteiger partial charge in [0.1, 0.15) is 0 Å². The van der Waals surface area contributed by atoms with Crippen LogP contribution in [0.15, 0.2) is 41.0 Å². The van der Waals surface area contributed by atoms with Crippen LogP contribution >= 0.6 is 27.5 Å². The number of aromatic nitrogens is 1. The number of hydrogen-bond donors (Lipinski definition) is 0. The number of Topliss-reactive ketones (excluding diaryl/α,β-unsaturated/α-hetero) is 1. The largest absolute Gasteiger partial charge is 0.293 e. The molecule has 102 valence electrons. The van der Waals surface area contributed by atoms with Gasteiger partial charge in [-0.25, -0.2) is 0 Å². The van der Waals surface area contributed by atoms with Crippen LogP contribution in [0.25, 0.3) is 0 Å². The number of fused-ring (bicyclic) bond motifs is 1. The maximum atomic E-state index is 12.7. The summed E-state index contributed by atoms with van der Waals surface area (Å²) in [5.41, 5.74) is 2.82. The first-order chi connectivity index (χ1) is 9.66. The number of carbonyl (C=O) groups is 1. The summed E-state index contributed by atoms with van der Waals surface area (Å²) in [6.45, 7) is 0. The summed E-state index contributed by atoms with van der Waals surface area (Å²) in [5, 5.41) is 0.615. The lowest BCUT2D eigenvalue weighted by Crippen LogP contribution is -2.20. The quantitative estimate of drug-likeness (QED) is 0.728. The Morgan fingerprint density at radius 3 is 3.00 bits per heavy atom. The van der Waals surface area contributed by atoms with Crippen molar-refractivity contribution in [3.05, 3.63) is 62.8 Å². The topological polar surface area (TPSA) is 30.0 Å². The molecule has 1 atom stereocenters. The van der Waals surface area contributed by atoms with Crippen LogP contribution in [-0.2, 0) is 6.42 Å². The van der Waals surface area contributed by atoms with Gasteiger partial charge in [-0.2, -0.15) is 0 Å². The van der Waals surface area contributed by atoms with Gasteiger partial charge in [0.05, 0.1) is 16.6 Å². The number of aryl methyl sites for hydroxylation is 1. The second kappa shape index (κ2) is 5.66. The van der Waals surface area contributed by atoms with Crippen molar-refractivity contribution in [3.8, 4) is 0 Å². The van der Waals surface area contributed by atoms with E-state index in [1.165, 1.54) is 5.56 Å². The number of carbonyl (C=O) groups excluding carboxylic acids is 1. The van der Waals surface area contributed by atoms with Gasteiger partial charge in [-0.05, 0) is 65.0 Å².